The fraction of sp³-hybridized carbons (Fsp3) is 0.958. The van der Waals surface area contributed by atoms with E-state index >= 15 is 0 Å². The Kier molecular flexibility index (Phi) is 13.8. The molecule has 3 aliphatic heterocycles. The van der Waals surface area contributed by atoms with Gasteiger partial charge in [0.1, 0.15) is 61.0 Å². The van der Waals surface area contributed by atoms with Crippen molar-refractivity contribution < 1.29 is 79.5 Å². The number of aliphatic hydroxyl groups is 10. The third-order valence-corrected chi connectivity index (χ3v) is 19.6. The summed E-state index contributed by atoms with van der Waals surface area (Å²) in [5, 5.41) is 107. The Labute approximate surface area is 378 Å². The number of aliphatic hydroxyl groups excluding tert-OH is 10. The molecular weight excluding hydrogens is 833 g/mol. The lowest BCUT2D eigenvalue weighted by atomic mass is 9.41. The van der Waals surface area contributed by atoms with E-state index in [0.717, 1.165) is 44.1 Å². The molecule has 16 heteroatoms. The van der Waals surface area contributed by atoms with Gasteiger partial charge in [-0.2, -0.15) is 0 Å². The molecule has 16 nitrogen and oxygen atoms in total. The van der Waals surface area contributed by atoms with Crippen LogP contribution in [0.25, 0.3) is 0 Å². The summed E-state index contributed by atoms with van der Waals surface area (Å²) in [6, 6.07) is 0. The Hall–Kier alpha value is -0.900. The first-order valence-electron chi connectivity index (χ1n) is 24.3. The zero-order valence-corrected chi connectivity index (χ0v) is 39.1. The normalized spacial score (nSPS) is 54.5. The molecule has 0 aromatic carbocycles. The quantitative estimate of drug-likeness (QED) is 0.0987. The van der Waals surface area contributed by atoms with Crippen LogP contribution < -0.4 is 0 Å². The largest absolute Gasteiger partial charge is 0.393 e. The molecule has 5 aliphatic carbocycles. The van der Waals surface area contributed by atoms with Gasteiger partial charge in [-0.05, 0) is 136 Å². The summed E-state index contributed by atoms with van der Waals surface area (Å²) in [6.45, 7) is 16.5. The van der Waals surface area contributed by atoms with Gasteiger partial charge in [0.2, 0.25) is 0 Å². The minimum absolute atomic E-state index is 0.0165. The Morgan fingerprint density at radius 1 is 0.656 bits per heavy atom. The van der Waals surface area contributed by atoms with E-state index in [-0.39, 0.29) is 45.7 Å². The van der Waals surface area contributed by atoms with Crippen LogP contribution in [0, 0.1) is 50.7 Å². The van der Waals surface area contributed by atoms with Crippen molar-refractivity contribution in [2.45, 2.75) is 224 Å². The van der Waals surface area contributed by atoms with E-state index in [0.29, 0.717) is 24.2 Å². The molecule has 3 saturated heterocycles. The summed E-state index contributed by atoms with van der Waals surface area (Å²) in [4.78, 5) is 0. The Bertz CT molecular complexity index is 1680. The van der Waals surface area contributed by atoms with Gasteiger partial charge in [-0.3, -0.25) is 0 Å². The van der Waals surface area contributed by atoms with E-state index in [1.165, 1.54) is 26.2 Å². The van der Waals surface area contributed by atoms with Crippen LogP contribution in [-0.4, -0.2) is 169 Å². The van der Waals surface area contributed by atoms with E-state index < -0.39 is 105 Å². The molecule has 25 atom stereocenters. The SMILES string of the molecule is CC(=CCC(O)C(C)C1CCC2(C)C3CCC4C(C)(C)C(OC5OC(C)C(OC6OC(COC7OC(C)C(O)C(O)C7O)C(O)C(O)C6O)C(O)C5O)CCC45CC35CCC12C)CO. The molecule has 5 saturated carbocycles. The first-order chi connectivity index (χ1) is 30.0. The van der Waals surface area contributed by atoms with E-state index in [2.05, 4.69) is 34.6 Å². The topological polar surface area (TPSA) is 258 Å². The summed E-state index contributed by atoms with van der Waals surface area (Å²) in [5.74, 6) is 1.65. The third-order valence-electron chi connectivity index (χ3n) is 19.6. The van der Waals surface area contributed by atoms with Gasteiger partial charge in [0.25, 0.3) is 0 Å². The van der Waals surface area contributed by atoms with Gasteiger partial charge in [-0.15, -0.1) is 0 Å². The van der Waals surface area contributed by atoms with Gasteiger partial charge in [0, 0.05) is 0 Å². The first kappa shape index (κ1) is 49.5. The van der Waals surface area contributed by atoms with Crippen LogP contribution in [0.2, 0.25) is 0 Å². The highest BCUT2D eigenvalue weighted by atomic mass is 16.8. The van der Waals surface area contributed by atoms with Gasteiger partial charge in [-0.25, -0.2) is 0 Å². The Balaban J connectivity index is 0.890. The molecule has 8 aliphatic rings. The molecule has 0 aromatic rings. The van der Waals surface area contributed by atoms with Crippen molar-refractivity contribution in [1.29, 1.82) is 0 Å². The van der Waals surface area contributed by atoms with E-state index in [4.69, 9.17) is 28.4 Å². The van der Waals surface area contributed by atoms with Crippen LogP contribution in [0.1, 0.15) is 120 Å². The highest BCUT2D eigenvalue weighted by molar-refractivity contribution is 5.31. The summed E-state index contributed by atoms with van der Waals surface area (Å²) in [5.41, 5.74) is 1.49. The minimum atomic E-state index is -1.76. The average Bonchev–Trinajstić information content (AvgIpc) is 3.85. The molecule has 3 heterocycles. The smallest absolute Gasteiger partial charge is 0.187 e. The molecule has 0 aromatic heterocycles. The fourth-order valence-electron chi connectivity index (χ4n) is 15.5. The van der Waals surface area contributed by atoms with Gasteiger partial charge in [0.05, 0.1) is 37.6 Å². The van der Waals surface area contributed by atoms with Gasteiger partial charge < -0.3 is 79.5 Å². The van der Waals surface area contributed by atoms with Gasteiger partial charge >= 0.3 is 0 Å². The van der Waals surface area contributed by atoms with Crippen LogP contribution in [0.3, 0.4) is 0 Å². The second kappa shape index (κ2) is 17.8. The molecule has 0 amide bonds. The molecule has 368 valence electrons. The standard InChI is InChI=1S/C48H80O16/c1-22(19-49)9-10-27(50)23(2)26-13-15-46(8)30-12-11-29-44(5,6)31(14-16-47(29)21-48(30,47)18-17-45(26,46)7)63-42-39(58)36(55)40(25(4)61-42)64-43-38(57)35(54)33(52)28(62-43)20-59-41-37(56)34(53)32(51)24(3)60-41/h9,23-43,49-58H,10-21H2,1-8H3. The predicted molar refractivity (Wildman–Crippen MR) is 229 cm³/mol. The lowest BCUT2D eigenvalue weighted by Gasteiger charge is -2.63. The van der Waals surface area contributed by atoms with Crippen molar-refractivity contribution in [3.05, 3.63) is 11.6 Å². The molecule has 64 heavy (non-hydrogen) atoms. The number of hydrogen-bond donors (Lipinski definition) is 10. The van der Waals surface area contributed by atoms with Crippen molar-refractivity contribution in [2.24, 2.45) is 50.7 Å². The molecule has 2 spiro atoms. The van der Waals surface area contributed by atoms with E-state index in [1.54, 1.807) is 6.92 Å². The predicted octanol–water partition coefficient (Wildman–Crippen LogP) is 1.64. The minimum Gasteiger partial charge on any atom is -0.393 e. The second-order valence-corrected chi connectivity index (χ2v) is 22.8. The maximum absolute atomic E-state index is 11.5. The first-order valence-corrected chi connectivity index (χ1v) is 24.3. The summed E-state index contributed by atoms with van der Waals surface area (Å²) >= 11 is 0. The van der Waals surface area contributed by atoms with Crippen molar-refractivity contribution in [3.8, 4) is 0 Å². The third kappa shape index (κ3) is 7.72. The molecule has 8 rings (SSSR count). The second-order valence-electron chi connectivity index (χ2n) is 22.8. The lowest BCUT2D eigenvalue weighted by Crippen LogP contribution is -2.65. The lowest BCUT2D eigenvalue weighted by molar-refractivity contribution is -0.368. The highest BCUT2D eigenvalue weighted by Crippen LogP contribution is 2.89. The molecule has 8 fully saturated rings. The van der Waals surface area contributed by atoms with Crippen LogP contribution in [0.15, 0.2) is 11.6 Å². The molecule has 0 bridgehead atoms. The molecule has 10 N–H and O–H groups in total. The fourth-order valence-corrected chi connectivity index (χ4v) is 15.5. The van der Waals surface area contributed by atoms with Gasteiger partial charge in [-0.1, -0.05) is 46.3 Å². The maximum Gasteiger partial charge on any atom is 0.187 e. The molecule has 25 unspecified atom stereocenters. The van der Waals surface area contributed by atoms with Crippen LogP contribution in [0.4, 0.5) is 0 Å². The van der Waals surface area contributed by atoms with Crippen molar-refractivity contribution in [1.82, 2.24) is 0 Å². The number of fused-ring (bicyclic) bond motifs is 2. The van der Waals surface area contributed by atoms with E-state index in [1.807, 2.05) is 13.0 Å². The van der Waals surface area contributed by atoms with Crippen LogP contribution in [-0.2, 0) is 28.4 Å². The number of hydrogen-bond acceptors (Lipinski definition) is 16. The molecular formula is C48H80O16. The number of rotatable bonds is 12. The van der Waals surface area contributed by atoms with E-state index in [9.17, 15) is 51.1 Å². The zero-order chi connectivity index (χ0) is 46.6. The molecule has 0 radical (unpaired) electrons. The zero-order valence-electron chi connectivity index (χ0n) is 39.1. The van der Waals surface area contributed by atoms with Crippen LogP contribution >= 0.6 is 0 Å². The maximum atomic E-state index is 11.5. The average molecular weight is 913 g/mol. The summed E-state index contributed by atoms with van der Waals surface area (Å²) < 4.78 is 35.8. The summed E-state index contributed by atoms with van der Waals surface area (Å²) in [7, 11) is 0. The van der Waals surface area contributed by atoms with Crippen molar-refractivity contribution >= 4 is 0 Å². The number of ether oxygens (including phenoxy) is 6. The Morgan fingerprint density at radius 2 is 1.27 bits per heavy atom. The highest BCUT2D eigenvalue weighted by Gasteiger charge is 2.82. The van der Waals surface area contributed by atoms with Crippen molar-refractivity contribution in [2.75, 3.05) is 13.2 Å². The monoisotopic (exact) mass is 913 g/mol. The van der Waals surface area contributed by atoms with Crippen LogP contribution in [0.5, 0.6) is 0 Å². The summed E-state index contributed by atoms with van der Waals surface area (Å²) in [6.07, 6.45) is -9.37. The van der Waals surface area contributed by atoms with Crippen molar-refractivity contribution in [3.63, 3.8) is 0 Å². The Morgan fingerprint density at radius 3 is 1.97 bits per heavy atom. The van der Waals surface area contributed by atoms with Gasteiger partial charge in [0.15, 0.2) is 18.9 Å².